The second-order valence-corrected chi connectivity index (χ2v) is 7.25. The van der Waals surface area contributed by atoms with Crippen LogP contribution in [0.1, 0.15) is 27.2 Å². The number of thiazole rings is 1. The third-order valence-corrected chi connectivity index (χ3v) is 5.45. The highest BCUT2D eigenvalue weighted by atomic mass is 32.1. The molecule has 0 saturated carbocycles. The fourth-order valence-electron chi connectivity index (χ4n) is 3.20. The molecule has 1 aromatic carbocycles. The molecule has 0 radical (unpaired) electrons. The van der Waals surface area contributed by atoms with E-state index < -0.39 is 0 Å². The lowest BCUT2D eigenvalue weighted by molar-refractivity contribution is -0.133. The molecule has 3 rings (SSSR count). The number of aromatic nitrogens is 1. The summed E-state index contributed by atoms with van der Waals surface area (Å²) in [6, 6.07) is 7.93. The normalized spacial score (nSPS) is 17.8. The average Bonchev–Trinajstić information content (AvgIpc) is 2.92. The molecule has 0 spiro atoms. The Balaban J connectivity index is 1.84. The van der Waals surface area contributed by atoms with Gasteiger partial charge in [0.1, 0.15) is 5.75 Å². The van der Waals surface area contributed by atoms with E-state index in [0.29, 0.717) is 13.0 Å². The number of carbonyl (C=O) groups is 1. The van der Waals surface area contributed by atoms with Crippen LogP contribution in [0.5, 0.6) is 5.75 Å². The number of hydrogen-bond donors (Lipinski definition) is 1. The van der Waals surface area contributed by atoms with Crippen LogP contribution in [0.4, 0.5) is 0 Å². The van der Waals surface area contributed by atoms with Gasteiger partial charge in [-0.15, -0.1) is 11.3 Å². The van der Waals surface area contributed by atoms with Crippen molar-refractivity contribution in [3.05, 3.63) is 45.4 Å². The highest BCUT2D eigenvalue weighted by Gasteiger charge is 2.30. The van der Waals surface area contributed by atoms with Crippen LogP contribution in [0.2, 0.25) is 0 Å². The van der Waals surface area contributed by atoms with Crippen LogP contribution in [0.25, 0.3) is 0 Å². The fraction of sp³-hybridized carbons (Fsp3) is 0.444. The molecule has 6 heteroatoms. The summed E-state index contributed by atoms with van der Waals surface area (Å²) < 4.78 is 5.49. The summed E-state index contributed by atoms with van der Waals surface area (Å²) in [5, 5.41) is 4.40. The molecule has 1 aliphatic heterocycles. The van der Waals surface area contributed by atoms with E-state index in [1.54, 1.807) is 18.4 Å². The van der Waals surface area contributed by atoms with Crippen LogP contribution in [0, 0.1) is 13.8 Å². The van der Waals surface area contributed by atoms with Crippen molar-refractivity contribution >= 4 is 17.2 Å². The minimum atomic E-state index is -0.00303. The number of aryl methyl sites for hydroxylation is 2. The van der Waals surface area contributed by atoms with Crippen molar-refractivity contribution in [3.63, 3.8) is 0 Å². The maximum Gasteiger partial charge on any atom is 0.228 e. The largest absolute Gasteiger partial charge is 0.496 e. The lowest BCUT2D eigenvalue weighted by Gasteiger charge is -2.37. The Labute approximate surface area is 146 Å². The second-order valence-electron chi connectivity index (χ2n) is 5.97. The topological polar surface area (TPSA) is 54.5 Å². The molecule has 1 aromatic heterocycles. The number of benzene rings is 1. The Hall–Kier alpha value is -1.92. The van der Waals surface area contributed by atoms with E-state index in [-0.39, 0.29) is 11.9 Å². The van der Waals surface area contributed by atoms with Crippen LogP contribution in [0.15, 0.2) is 24.3 Å². The Morgan fingerprint density at radius 3 is 2.92 bits per heavy atom. The number of para-hydroxylation sites is 1. The van der Waals surface area contributed by atoms with Gasteiger partial charge in [-0.3, -0.25) is 4.79 Å². The number of methoxy groups -OCH3 is 1. The number of amides is 1. The van der Waals surface area contributed by atoms with Crippen LogP contribution >= 0.6 is 11.3 Å². The lowest BCUT2D eigenvalue weighted by atomic mass is 10.0. The number of piperazine rings is 1. The lowest BCUT2D eigenvalue weighted by Crippen LogP contribution is -2.49. The molecule has 5 nitrogen and oxygen atoms in total. The first kappa shape index (κ1) is 16.9. The summed E-state index contributed by atoms with van der Waals surface area (Å²) in [6.07, 6.45) is 0.420. The smallest absolute Gasteiger partial charge is 0.228 e. The molecular formula is C18H23N3O2S. The van der Waals surface area contributed by atoms with Crippen LogP contribution in [-0.2, 0) is 11.2 Å². The molecule has 0 aliphatic carbocycles. The summed E-state index contributed by atoms with van der Waals surface area (Å²) in [4.78, 5) is 20.4. The predicted octanol–water partition coefficient (Wildman–Crippen LogP) is 2.48. The van der Waals surface area contributed by atoms with Crippen LogP contribution in [-0.4, -0.2) is 42.5 Å². The summed E-state index contributed by atoms with van der Waals surface area (Å²) in [5.41, 5.74) is 2.02. The third-order valence-electron chi connectivity index (χ3n) is 4.37. The standard InChI is InChI=1S/C18H23N3O2S/c1-12-17(24-13(2)20-12)10-18(22)21-9-8-19-11-15(21)14-6-4-5-7-16(14)23-3/h4-7,15,19H,8-11H2,1-3H3. The molecule has 2 aromatic rings. The van der Waals surface area contributed by atoms with E-state index in [2.05, 4.69) is 10.3 Å². The molecule has 1 unspecified atom stereocenters. The van der Waals surface area contributed by atoms with Crippen molar-refractivity contribution in [2.45, 2.75) is 26.3 Å². The third kappa shape index (κ3) is 3.44. The molecule has 0 bridgehead atoms. The van der Waals surface area contributed by atoms with Gasteiger partial charge in [-0.25, -0.2) is 4.98 Å². The molecule has 1 N–H and O–H groups in total. The van der Waals surface area contributed by atoms with Crippen LogP contribution in [0.3, 0.4) is 0 Å². The minimum Gasteiger partial charge on any atom is -0.496 e. The first-order valence-electron chi connectivity index (χ1n) is 8.16. The number of carbonyl (C=O) groups excluding carboxylic acids is 1. The Morgan fingerprint density at radius 2 is 2.21 bits per heavy atom. The fourth-order valence-corrected chi connectivity index (χ4v) is 4.13. The zero-order valence-electron chi connectivity index (χ0n) is 14.3. The van der Waals surface area contributed by atoms with Crippen molar-refractivity contribution < 1.29 is 9.53 Å². The van der Waals surface area contributed by atoms with E-state index in [1.807, 2.05) is 43.0 Å². The predicted molar refractivity (Wildman–Crippen MR) is 95.6 cm³/mol. The van der Waals surface area contributed by atoms with E-state index in [4.69, 9.17) is 4.74 Å². The molecule has 128 valence electrons. The monoisotopic (exact) mass is 345 g/mol. The van der Waals surface area contributed by atoms with E-state index in [9.17, 15) is 4.79 Å². The van der Waals surface area contributed by atoms with E-state index in [1.165, 1.54) is 0 Å². The summed E-state index contributed by atoms with van der Waals surface area (Å²) in [7, 11) is 1.67. The van der Waals surface area contributed by atoms with Gasteiger partial charge in [-0.2, -0.15) is 0 Å². The van der Waals surface area contributed by atoms with Crippen molar-refractivity contribution in [3.8, 4) is 5.75 Å². The summed E-state index contributed by atoms with van der Waals surface area (Å²) in [6.45, 7) is 6.22. The van der Waals surface area contributed by atoms with E-state index in [0.717, 1.165) is 40.0 Å². The van der Waals surface area contributed by atoms with Gasteiger partial charge in [0.05, 0.1) is 30.3 Å². The molecule has 2 heterocycles. The van der Waals surface area contributed by atoms with Crippen molar-refractivity contribution in [2.75, 3.05) is 26.7 Å². The van der Waals surface area contributed by atoms with Crippen molar-refractivity contribution in [1.29, 1.82) is 0 Å². The maximum absolute atomic E-state index is 12.9. The van der Waals surface area contributed by atoms with Gasteiger partial charge >= 0.3 is 0 Å². The van der Waals surface area contributed by atoms with Gasteiger partial charge in [0.15, 0.2) is 0 Å². The highest BCUT2D eigenvalue weighted by Crippen LogP contribution is 2.31. The quantitative estimate of drug-likeness (QED) is 0.925. The SMILES string of the molecule is COc1ccccc1C1CNCCN1C(=O)Cc1sc(C)nc1C. The molecule has 1 saturated heterocycles. The second kappa shape index (κ2) is 7.32. The zero-order valence-corrected chi connectivity index (χ0v) is 15.2. The minimum absolute atomic E-state index is 0.00303. The highest BCUT2D eigenvalue weighted by molar-refractivity contribution is 7.11. The van der Waals surface area contributed by atoms with Gasteiger partial charge < -0.3 is 15.0 Å². The molecule has 24 heavy (non-hydrogen) atoms. The number of nitrogens with one attached hydrogen (secondary N) is 1. The maximum atomic E-state index is 12.9. The van der Waals surface area contributed by atoms with Gasteiger partial charge in [0.2, 0.25) is 5.91 Å². The molecule has 1 fully saturated rings. The van der Waals surface area contributed by atoms with Crippen LogP contribution < -0.4 is 10.1 Å². The van der Waals surface area contributed by atoms with Crippen molar-refractivity contribution in [2.24, 2.45) is 0 Å². The molecule has 1 aliphatic rings. The first-order valence-corrected chi connectivity index (χ1v) is 8.97. The molecule has 1 amide bonds. The number of hydrogen-bond acceptors (Lipinski definition) is 5. The number of rotatable bonds is 4. The number of ether oxygens (including phenoxy) is 1. The molecule has 1 atom stereocenters. The summed E-state index contributed by atoms with van der Waals surface area (Å²) in [5.74, 6) is 0.980. The van der Waals surface area contributed by atoms with Gasteiger partial charge in [-0.05, 0) is 19.9 Å². The summed E-state index contributed by atoms with van der Waals surface area (Å²) >= 11 is 1.61. The van der Waals surface area contributed by atoms with E-state index >= 15 is 0 Å². The Morgan fingerprint density at radius 1 is 1.42 bits per heavy atom. The first-order chi connectivity index (χ1) is 11.6. The Bertz CT molecular complexity index is 729. The average molecular weight is 345 g/mol. The van der Waals surface area contributed by atoms with Gasteiger partial charge in [-0.1, -0.05) is 18.2 Å². The zero-order chi connectivity index (χ0) is 17.1. The van der Waals surface area contributed by atoms with Gasteiger partial charge in [0, 0.05) is 30.1 Å². The number of nitrogens with zero attached hydrogens (tertiary/aromatic N) is 2. The van der Waals surface area contributed by atoms with Gasteiger partial charge in [0.25, 0.3) is 0 Å². The van der Waals surface area contributed by atoms with Crippen molar-refractivity contribution in [1.82, 2.24) is 15.2 Å². The molecular weight excluding hydrogens is 322 g/mol. The Kier molecular flexibility index (Phi) is 5.16.